The smallest absolute Gasteiger partial charge is 0.221 e. The van der Waals surface area contributed by atoms with Gasteiger partial charge in [-0.1, -0.05) is 23.2 Å². The molecule has 0 radical (unpaired) electrons. The fourth-order valence-corrected chi connectivity index (χ4v) is 2.72. The number of carbonyl (C=O) groups excluding carboxylic acids is 2. The van der Waals surface area contributed by atoms with Crippen LogP contribution in [0.1, 0.15) is 23.0 Å². The number of carbonyl (C=O) groups is 2. The van der Waals surface area contributed by atoms with Gasteiger partial charge < -0.3 is 9.73 Å². The molecule has 1 amide bonds. The summed E-state index contributed by atoms with van der Waals surface area (Å²) in [6.07, 6.45) is 3.04. The minimum atomic E-state index is -0.170. The first-order valence-electron chi connectivity index (χ1n) is 8.08. The van der Waals surface area contributed by atoms with Gasteiger partial charge in [-0.2, -0.15) is 0 Å². The molecule has 0 fully saturated rings. The monoisotopic (exact) mass is 399 g/mol. The van der Waals surface area contributed by atoms with Crippen LogP contribution in [0.4, 0.5) is 5.69 Å². The summed E-state index contributed by atoms with van der Waals surface area (Å²) in [4.78, 5) is 23.3. The van der Waals surface area contributed by atoms with Gasteiger partial charge in [0.1, 0.15) is 11.5 Å². The molecule has 0 atom stereocenters. The Morgan fingerprint density at radius 2 is 1.70 bits per heavy atom. The van der Waals surface area contributed by atoms with Crippen LogP contribution in [0.15, 0.2) is 65.1 Å². The second-order valence-electron chi connectivity index (χ2n) is 5.79. The summed E-state index contributed by atoms with van der Waals surface area (Å²) < 4.78 is 5.73. The molecule has 3 rings (SSSR count). The first kappa shape index (κ1) is 19.0. The Morgan fingerprint density at radius 3 is 2.37 bits per heavy atom. The number of furan rings is 1. The van der Waals surface area contributed by atoms with Crippen LogP contribution in [0.25, 0.3) is 17.4 Å². The van der Waals surface area contributed by atoms with E-state index in [1.165, 1.54) is 13.0 Å². The largest absolute Gasteiger partial charge is 0.457 e. The molecule has 0 saturated heterocycles. The lowest BCUT2D eigenvalue weighted by molar-refractivity contribution is -0.114. The molecule has 0 aliphatic carbocycles. The number of nitrogens with one attached hydrogen (secondary N) is 1. The van der Waals surface area contributed by atoms with E-state index in [0.717, 1.165) is 5.56 Å². The Bertz CT molecular complexity index is 1020. The SMILES string of the molecule is CC(=O)Nc1ccc(C(=O)C=Cc2ccc(-c3ccc(Cl)c(Cl)c3)o2)cc1. The average Bonchev–Trinajstić information content (AvgIpc) is 3.11. The van der Waals surface area contributed by atoms with Gasteiger partial charge in [0.25, 0.3) is 0 Å². The molecule has 0 spiro atoms. The number of halogens is 2. The van der Waals surface area contributed by atoms with E-state index >= 15 is 0 Å². The van der Waals surface area contributed by atoms with Crippen molar-refractivity contribution in [3.63, 3.8) is 0 Å². The second-order valence-corrected chi connectivity index (χ2v) is 6.60. The van der Waals surface area contributed by atoms with E-state index in [2.05, 4.69) is 5.32 Å². The molecule has 6 heteroatoms. The van der Waals surface area contributed by atoms with Crippen LogP contribution < -0.4 is 5.32 Å². The predicted molar refractivity (Wildman–Crippen MR) is 108 cm³/mol. The fourth-order valence-electron chi connectivity index (χ4n) is 2.42. The summed E-state index contributed by atoms with van der Waals surface area (Å²) in [5, 5.41) is 3.57. The number of benzene rings is 2. The topological polar surface area (TPSA) is 59.3 Å². The molecular weight excluding hydrogens is 385 g/mol. The molecule has 4 nitrogen and oxygen atoms in total. The molecule has 0 saturated carbocycles. The van der Waals surface area contributed by atoms with Gasteiger partial charge in [-0.25, -0.2) is 0 Å². The molecule has 0 unspecified atom stereocenters. The summed E-state index contributed by atoms with van der Waals surface area (Å²) in [5.74, 6) is 0.834. The van der Waals surface area contributed by atoms with Crippen molar-refractivity contribution in [3.8, 4) is 11.3 Å². The van der Waals surface area contributed by atoms with Gasteiger partial charge in [0.15, 0.2) is 5.78 Å². The standard InChI is InChI=1S/C21H15Cl2NO3/c1-13(25)24-16-5-2-14(3-6-16)20(26)10-7-17-8-11-21(27-17)15-4-9-18(22)19(23)12-15/h2-12H,1H3,(H,24,25). The van der Waals surface area contributed by atoms with Crippen LogP contribution in [-0.2, 0) is 4.79 Å². The maximum absolute atomic E-state index is 12.3. The lowest BCUT2D eigenvalue weighted by atomic mass is 10.1. The van der Waals surface area contributed by atoms with E-state index in [1.54, 1.807) is 54.6 Å². The number of allylic oxidation sites excluding steroid dienone is 1. The second kappa shape index (κ2) is 8.25. The molecule has 0 aliphatic rings. The van der Waals surface area contributed by atoms with Gasteiger partial charge in [0, 0.05) is 23.7 Å². The van der Waals surface area contributed by atoms with Crippen molar-refractivity contribution in [1.29, 1.82) is 0 Å². The highest BCUT2D eigenvalue weighted by Gasteiger charge is 2.07. The van der Waals surface area contributed by atoms with Crippen LogP contribution >= 0.6 is 23.2 Å². The number of hydrogen-bond donors (Lipinski definition) is 1. The summed E-state index contributed by atoms with van der Waals surface area (Å²) in [6, 6.07) is 15.5. The van der Waals surface area contributed by atoms with Gasteiger partial charge in [0.2, 0.25) is 5.91 Å². The fraction of sp³-hybridized carbons (Fsp3) is 0.0476. The van der Waals surface area contributed by atoms with Crippen molar-refractivity contribution in [1.82, 2.24) is 0 Å². The lowest BCUT2D eigenvalue weighted by Crippen LogP contribution is -2.05. The lowest BCUT2D eigenvalue weighted by Gasteiger charge is -2.02. The zero-order valence-electron chi connectivity index (χ0n) is 14.3. The Labute approximate surface area is 166 Å². The van der Waals surface area contributed by atoms with Gasteiger partial charge >= 0.3 is 0 Å². The molecule has 0 bridgehead atoms. The van der Waals surface area contributed by atoms with E-state index < -0.39 is 0 Å². The van der Waals surface area contributed by atoms with Gasteiger partial charge in [-0.05, 0) is 66.7 Å². The van der Waals surface area contributed by atoms with E-state index in [0.29, 0.717) is 32.8 Å². The zero-order valence-corrected chi connectivity index (χ0v) is 15.8. The maximum atomic E-state index is 12.3. The van der Waals surface area contributed by atoms with Crippen LogP contribution in [0.3, 0.4) is 0 Å². The maximum Gasteiger partial charge on any atom is 0.221 e. The normalized spacial score (nSPS) is 10.9. The summed E-state index contributed by atoms with van der Waals surface area (Å²) in [5.41, 5.74) is 1.95. The van der Waals surface area contributed by atoms with Crippen molar-refractivity contribution < 1.29 is 14.0 Å². The van der Waals surface area contributed by atoms with Gasteiger partial charge in [-0.3, -0.25) is 9.59 Å². The Balaban J connectivity index is 1.70. The van der Waals surface area contributed by atoms with Crippen LogP contribution in [0.5, 0.6) is 0 Å². The molecule has 1 N–H and O–H groups in total. The van der Waals surface area contributed by atoms with E-state index in [9.17, 15) is 9.59 Å². The van der Waals surface area contributed by atoms with Crippen LogP contribution in [0.2, 0.25) is 10.0 Å². The Hall–Kier alpha value is -2.82. The number of hydrogen-bond acceptors (Lipinski definition) is 3. The molecule has 2 aromatic carbocycles. The molecule has 3 aromatic rings. The average molecular weight is 400 g/mol. The van der Waals surface area contributed by atoms with E-state index in [-0.39, 0.29) is 11.7 Å². The number of ketones is 1. The van der Waals surface area contributed by atoms with Crippen molar-refractivity contribution in [3.05, 3.63) is 82.0 Å². The third kappa shape index (κ3) is 4.88. The molecule has 0 aliphatic heterocycles. The zero-order chi connectivity index (χ0) is 19.4. The molecule has 1 heterocycles. The van der Waals surface area contributed by atoms with Crippen molar-refractivity contribution in [2.24, 2.45) is 0 Å². The first-order valence-corrected chi connectivity index (χ1v) is 8.83. The Morgan fingerprint density at radius 1 is 0.963 bits per heavy atom. The quantitative estimate of drug-likeness (QED) is 0.415. The minimum Gasteiger partial charge on any atom is -0.457 e. The van der Waals surface area contributed by atoms with E-state index in [4.69, 9.17) is 27.6 Å². The third-order valence-electron chi connectivity index (χ3n) is 3.72. The van der Waals surface area contributed by atoms with Crippen molar-refractivity contribution in [2.45, 2.75) is 6.92 Å². The van der Waals surface area contributed by atoms with E-state index in [1.807, 2.05) is 6.07 Å². The third-order valence-corrected chi connectivity index (χ3v) is 4.46. The van der Waals surface area contributed by atoms with Crippen molar-refractivity contribution >= 4 is 46.7 Å². The molecule has 1 aromatic heterocycles. The van der Waals surface area contributed by atoms with Crippen LogP contribution in [-0.4, -0.2) is 11.7 Å². The Kier molecular flexibility index (Phi) is 5.79. The van der Waals surface area contributed by atoms with Crippen molar-refractivity contribution in [2.75, 3.05) is 5.32 Å². The molecule has 27 heavy (non-hydrogen) atoms. The number of amides is 1. The molecule has 136 valence electrons. The predicted octanol–water partition coefficient (Wildman–Crippen LogP) is 6.11. The first-order chi connectivity index (χ1) is 12.9. The highest BCUT2D eigenvalue weighted by atomic mass is 35.5. The van der Waals surface area contributed by atoms with Gasteiger partial charge in [0.05, 0.1) is 10.0 Å². The summed E-state index contributed by atoms with van der Waals surface area (Å²) in [6.45, 7) is 1.43. The van der Waals surface area contributed by atoms with Gasteiger partial charge in [-0.15, -0.1) is 0 Å². The highest BCUT2D eigenvalue weighted by Crippen LogP contribution is 2.29. The summed E-state index contributed by atoms with van der Waals surface area (Å²) in [7, 11) is 0. The number of anilines is 1. The van der Waals surface area contributed by atoms with Crippen LogP contribution in [0, 0.1) is 0 Å². The summed E-state index contributed by atoms with van der Waals surface area (Å²) >= 11 is 11.9. The molecular formula is C21H15Cl2NO3. The number of rotatable bonds is 5. The highest BCUT2D eigenvalue weighted by molar-refractivity contribution is 6.42. The minimum absolute atomic E-state index is 0.162.